The normalized spacial score (nSPS) is 10.9. The van der Waals surface area contributed by atoms with Gasteiger partial charge >= 0.3 is 11.6 Å². The minimum Gasteiger partial charge on any atom is -0.494 e. The van der Waals surface area contributed by atoms with Crippen LogP contribution in [0.25, 0.3) is 17.0 Å². The maximum absolute atomic E-state index is 12.5. The van der Waals surface area contributed by atoms with Gasteiger partial charge in [-0.25, -0.2) is 9.59 Å². The van der Waals surface area contributed by atoms with Crippen molar-refractivity contribution in [2.45, 2.75) is 26.3 Å². The first-order chi connectivity index (χ1) is 18.0. The quantitative estimate of drug-likeness (QED) is 0.102. The molecule has 3 aromatic carbocycles. The monoisotopic (exact) mass is 497 g/mol. The second kappa shape index (κ2) is 12.4. The number of amides is 1. The van der Waals surface area contributed by atoms with E-state index in [1.807, 2.05) is 54.6 Å². The minimum atomic E-state index is -0.774. The van der Waals surface area contributed by atoms with Crippen molar-refractivity contribution in [2.24, 2.45) is 0 Å². The van der Waals surface area contributed by atoms with Gasteiger partial charge in [0.1, 0.15) is 22.6 Å². The van der Waals surface area contributed by atoms with Gasteiger partial charge in [0.05, 0.1) is 6.61 Å². The van der Waals surface area contributed by atoms with Crippen LogP contribution in [0.3, 0.4) is 0 Å². The standard InChI is InChI=1S/C30H27NO6/c1-2-3-17-35-24-13-9-21(10-14-24)11-16-28(32)36-25-15-12-23-18-26(30(34)37-27(23)19-25)29(33)31-20-22-7-5-4-6-8-22/h4-16,18-19H,2-3,17,20H2,1H3,(H,31,33)/b16-11+. The number of nitrogens with one attached hydrogen (secondary N) is 1. The molecule has 0 saturated carbocycles. The fourth-order valence-corrected chi connectivity index (χ4v) is 3.51. The topological polar surface area (TPSA) is 94.8 Å². The fraction of sp³-hybridized carbons (Fsp3) is 0.167. The molecule has 1 aromatic heterocycles. The van der Waals surface area contributed by atoms with Crippen molar-refractivity contribution in [1.29, 1.82) is 0 Å². The highest BCUT2D eigenvalue weighted by atomic mass is 16.5. The van der Waals surface area contributed by atoms with Gasteiger partial charge in [-0.05, 0) is 54.0 Å². The number of carbonyl (C=O) groups excluding carboxylic acids is 2. The molecule has 0 spiro atoms. The third kappa shape index (κ3) is 7.18. The number of unbranched alkanes of at least 4 members (excludes halogenated alkanes) is 1. The van der Waals surface area contributed by atoms with Crippen LogP contribution >= 0.6 is 0 Å². The van der Waals surface area contributed by atoms with Gasteiger partial charge in [-0.15, -0.1) is 0 Å². The molecule has 0 fully saturated rings. The van der Waals surface area contributed by atoms with E-state index in [0.29, 0.717) is 12.0 Å². The molecule has 0 bridgehead atoms. The predicted octanol–water partition coefficient (Wildman–Crippen LogP) is 5.52. The molecule has 4 rings (SSSR count). The van der Waals surface area contributed by atoms with Crippen molar-refractivity contribution < 1.29 is 23.5 Å². The molecule has 0 aliphatic heterocycles. The van der Waals surface area contributed by atoms with Gasteiger partial charge in [0, 0.05) is 24.1 Å². The maximum atomic E-state index is 12.5. The summed E-state index contributed by atoms with van der Waals surface area (Å²) in [5.41, 5.74) is 1.07. The molecule has 0 aliphatic rings. The predicted molar refractivity (Wildman–Crippen MR) is 142 cm³/mol. The van der Waals surface area contributed by atoms with Crippen molar-refractivity contribution >= 4 is 28.9 Å². The molecule has 0 aliphatic carbocycles. The first-order valence-electron chi connectivity index (χ1n) is 12.0. The summed E-state index contributed by atoms with van der Waals surface area (Å²) in [6.07, 6.45) is 5.02. The third-order valence-electron chi connectivity index (χ3n) is 5.52. The lowest BCUT2D eigenvalue weighted by Crippen LogP contribution is -2.27. The van der Waals surface area contributed by atoms with Crippen LogP contribution < -0.4 is 20.4 Å². The van der Waals surface area contributed by atoms with Crippen molar-refractivity contribution in [3.63, 3.8) is 0 Å². The lowest BCUT2D eigenvalue weighted by atomic mass is 10.1. The van der Waals surface area contributed by atoms with Gasteiger partial charge in [0.2, 0.25) is 0 Å². The summed E-state index contributed by atoms with van der Waals surface area (Å²) < 4.78 is 16.3. The van der Waals surface area contributed by atoms with Crippen LogP contribution in [0.1, 0.15) is 41.3 Å². The SMILES string of the molecule is CCCCOc1ccc(/C=C/C(=O)Oc2ccc3cc(C(=O)NCc4ccccc4)c(=O)oc3c2)cc1. The zero-order chi connectivity index (χ0) is 26.0. The lowest BCUT2D eigenvalue weighted by molar-refractivity contribution is -0.128. The maximum Gasteiger partial charge on any atom is 0.349 e. The van der Waals surface area contributed by atoms with Crippen LogP contribution in [0.5, 0.6) is 11.5 Å². The smallest absolute Gasteiger partial charge is 0.349 e. The van der Waals surface area contributed by atoms with Gasteiger partial charge in [-0.2, -0.15) is 0 Å². The second-order valence-corrected chi connectivity index (χ2v) is 8.34. The number of hydrogen-bond acceptors (Lipinski definition) is 6. The summed E-state index contributed by atoms with van der Waals surface area (Å²) in [4.78, 5) is 37.2. The minimum absolute atomic E-state index is 0.0992. The average Bonchev–Trinajstić information content (AvgIpc) is 2.91. The van der Waals surface area contributed by atoms with E-state index >= 15 is 0 Å². The van der Waals surface area contributed by atoms with E-state index in [4.69, 9.17) is 13.9 Å². The van der Waals surface area contributed by atoms with Crippen LogP contribution in [0.2, 0.25) is 0 Å². The van der Waals surface area contributed by atoms with Crippen molar-refractivity contribution in [1.82, 2.24) is 5.32 Å². The average molecular weight is 498 g/mol. The fourth-order valence-electron chi connectivity index (χ4n) is 3.51. The van der Waals surface area contributed by atoms with Crippen LogP contribution in [0.4, 0.5) is 0 Å². The van der Waals surface area contributed by atoms with Gasteiger partial charge in [-0.3, -0.25) is 4.79 Å². The van der Waals surface area contributed by atoms with E-state index in [1.165, 1.54) is 18.2 Å². The summed E-state index contributed by atoms with van der Waals surface area (Å²) in [6.45, 7) is 3.07. The van der Waals surface area contributed by atoms with Gasteiger partial charge < -0.3 is 19.2 Å². The van der Waals surface area contributed by atoms with E-state index in [1.54, 1.807) is 18.2 Å². The summed E-state index contributed by atoms with van der Waals surface area (Å²) in [6, 6.07) is 22.9. The van der Waals surface area contributed by atoms with E-state index < -0.39 is 17.5 Å². The summed E-state index contributed by atoms with van der Waals surface area (Å²) in [5.74, 6) is -0.114. The molecule has 0 atom stereocenters. The number of rotatable bonds is 10. The Hall–Kier alpha value is -4.65. The molecule has 0 saturated heterocycles. The van der Waals surface area contributed by atoms with Crippen molar-refractivity contribution in [3.05, 3.63) is 112 Å². The van der Waals surface area contributed by atoms with E-state index in [-0.39, 0.29) is 23.4 Å². The van der Waals surface area contributed by atoms with Crippen LogP contribution in [-0.2, 0) is 11.3 Å². The second-order valence-electron chi connectivity index (χ2n) is 8.34. The number of carbonyl (C=O) groups is 2. The molecule has 1 heterocycles. The number of fused-ring (bicyclic) bond motifs is 1. The number of esters is 1. The summed E-state index contributed by atoms with van der Waals surface area (Å²) in [5, 5.41) is 3.25. The first-order valence-corrected chi connectivity index (χ1v) is 12.0. The molecule has 7 heteroatoms. The number of ether oxygens (including phenoxy) is 2. The lowest BCUT2D eigenvalue weighted by Gasteiger charge is -2.06. The Morgan fingerprint density at radius 3 is 2.46 bits per heavy atom. The number of hydrogen-bond donors (Lipinski definition) is 1. The molecule has 4 aromatic rings. The first kappa shape index (κ1) is 25.4. The Bertz CT molecular complexity index is 1460. The molecule has 7 nitrogen and oxygen atoms in total. The molecule has 0 unspecified atom stereocenters. The molecule has 37 heavy (non-hydrogen) atoms. The Morgan fingerprint density at radius 1 is 0.946 bits per heavy atom. The molecule has 188 valence electrons. The third-order valence-corrected chi connectivity index (χ3v) is 5.52. The van der Waals surface area contributed by atoms with E-state index in [2.05, 4.69) is 12.2 Å². The highest BCUT2D eigenvalue weighted by Gasteiger charge is 2.14. The van der Waals surface area contributed by atoms with Gasteiger partial charge in [0.15, 0.2) is 0 Å². The van der Waals surface area contributed by atoms with Crippen molar-refractivity contribution in [3.8, 4) is 11.5 Å². The molecule has 1 N–H and O–H groups in total. The zero-order valence-corrected chi connectivity index (χ0v) is 20.4. The largest absolute Gasteiger partial charge is 0.494 e. The van der Waals surface area contributed by atoms with E-state index in [9.17, 15) is 14.4 Å². The molecular weight excluding hydrogens is 470 g/mol. The van der Waals surface area contributed by atoms with Crippen LogP contribution in [-0.4, -0.2) is 18.5 Å². The zero-order valence-electron chi connectivity index (χ0n) is 20.4. The molecule has 0 radical (unpaired) electrons. The van der Waals surface area contributed by atoms with E-state index in [0.717, 1.165) is 29.7 Å². The van der Waals surface area contributed by atoms with Crippen molar-refractivity contribution in [2.75, 3.05) is 6.61 Å². The Kier molecular flexibility index (Phi) is 8.49. The highest BCUT2D eigenvalue weighted by molar-refractivity contribution is 5.97. The highest BCUT2D eigenvalue weighted by Crippen LogP contribution is 2.21. The van der Waals surface area contributed by atoms with Gasteiger partial charge in [0.25, 0.3) is 5.91 Å². The summed E-state index contributed by atoms with van der Waals surface area (Å²) >= 11 is 0. The van der Waals surface area contributed by atoms with Crippen LogP contribution in [0.15, 0.2) is 94.2 Å². The molecule has 1 amide bonds. The molecular formula is C30H27NO6. The van der Waals surface area contributed by atoms with Crippen LogP contribution in [0, 0.1) is 0 Å². The summed E-state index contributed by atoms with van der Waals surface area (Å²) in [7, 11) is 0. The van der Waals surface area contributed by atoms with Gasteiger partial charge in [-0.1, -0.05) is 55.8 Å². The Labute approximate surface area is 214 Å². The Balaban J connectivity index is 1.37. The Morgan fingerprint density at radius 2 is 1.70 bits per heavy atom. The number of benzene rings is 3.